The lowest BCUT2D eigenvalue weighted by Crippen LogP contribution is -2.28. The molecule has 0 fully saturated rings. The van der Waals surface area contributed by atoms with Gasteiger partial charge in [0, 0.05) is 0 Å². The summed E-state index contributed by atoms with van der Waals surface area (Å²) >= 11 is 5.85. The van der Waals surface area contributed by atoms with Crippen LogP contribution in [-0.2, 0) is 0 Å². The van der Waals surface area contributed by atoms with E-state index in [1.165, 1.54) is 4.52 Å². The van der Waals surface area contributed by atoms with Crippen LogP contribution in [0.3, 0.4) is 0 Å². The highest BCUT2D eigenvalue weighted by Gasteiger charge is 2.17. The second-order valence-corrected chi connectivity index (χ2v) is 5.68. The number of hydrogen-bond donors (Lipinski definition) is 1. The first-order valence-electron chi connectivity index (χ1n) is 7.57. The van der Waals surface area contributed by atoms with E-state index in [-0.39, 0.29) is 11.9 Å². The van der Waals surface area contributed by atoms with Gasteiger partial charge >= 0.3 is 0 Å². The van der Waals surface area contributed by atoms with Crippen LogP contribution in [0.15, 0.2) is 42.6 Å². The van der Waals surface area contributed by atoms with Crippen LogP contribution in [-0.4, -0.2) is 27.6 Å². The van der Waals surface area contributed by atoms with Crippen molar-refractivity contribution >= 4 is 23.2 Å². The van der Waals surface area contributed by atoms with Crippen LogP contribution in [0.5, 0.6) is 5.75 Å². The summed E-state index contributed by atoms with van der Waals surface area (Å²) in [6.07, 6.45) is 2.33. The Morgan fingerprint density at radius 3 is 2.71 bits per heavy atom. The van der Waals surface area contributed by atoms with Gasteiger partial charge in [-0.3, -0.25) is 4.79 Å². The monoisotopic (exact) mass is 344 g/mol. The minimum Gasteiger partial charge on any atom is -0.497 e. The lowest BCUT2D eigenvalue weighted by Gasteiger charge is -2.17. The predicted molar refractivity (Wildman–Crippen MR) is 91.5 cm³/mol. The molecule has 24 heavy (non-hydrogen) atoms. The maximum atomic E-state index is 12.5. The number of carbonyl (C=O) groups is 1. The maximum absolute atomic E-state index is 12.5. The number of rotatable bonds is 5. The fourth-order valence-corrected chi connectivity index (χ4v) is 2.60. The molecule has 0 spiro atoms. The number of carbonyl (C=O) groups excluding carboxylic acids is 1. The van der Waals surface area contributed by atoms with E-state index < -0.39 is 0 Å². The van der Waals surface area contributed by atoms with E-state index in [0.29, 0.717) is 16.5 Å². The number of nitrogens with one attached hydrogen (secondary N) is 1. The minimum absolute atomic E-state index is 0.107. The number of imidazole rings is 1. The molecule has 1 amide bonds. The highest BCUT2D eigenvalue weighted by molar-refractivity contribution is 6.29. The number of amides is 1. The van der Waals surface area contributed by atoms with Crippen molar-refractivity contribution in [3.63, 3.8) is 0 Å². The summed E-state index contributed by atoms with van der Waals surface area (Å²) in [6.45, 7) is 2.01. The van der Waals surface area contributed by atoms with Crippen molar-refractivity contribution in [2.75, 3.05) is 7.11 Å². The summed E-state index contributed by atoms with van der Waals surface area (Å²) in [5.41, 5.74) is 1.88. The summed E-state index contributed by atoms with van der Waals surface area (Å²) in [4.78, 5) is 16.8. The number of halogens is 1. The van der Waals surface area contributed by atoms with E-state index in [2.05, 4.69) is 15.4 Å². The van der Waals surface area contributed by atoms with Crippen molar-refractivity contribution < 1.29 is 9.53 Å². The van der Waals surface area contributed by atoms with Crippen LogP contribution >= 0.6 is 11.6 Å². The Hall–Kier alpha value is -2.60. The third-order valence-corrected chi connectivity index (χ3v) is 3.95. The molecular formula is C17H17ClN4O2. The Kier molecular flexibility index (Phi) is 4.66. The molecule has 3 aromatic rings. The average molecular weight is 345 g/mol. The van der Waals surface area contributed by atoms with E-state index in [1.54, 1.807) is 25.4 Å². The van der Waals surface area contributed by atoms with Gasteiger partial charge in [0.2, 0.25) is 0 Å². The zero-order valence-corrected chi connectivity index (χ0v) is 14.1. The number of methoxy groups -OCH3 is 1. The molecule has 2 heterocycles. The molecule has 0 saturated heterocycles. The summed E-state index contributed by atoms with van der Waals surface area (Å²) < 4.78 is 6.65. The van der Waals surface area contributed by atoms with E-state index >= 15 is 0 Å². The van der Waals surface area contributed by atoms with Gasteiger partial charge in [-0.05, 0) is 36.2 Å². The van der Waals surface area contributed by atoms with E-state index in [9.17, 15) is 4.79 Å². The largest absolute Gasteiger partial charge is 0.497 e. The Labute approximate surface area is 144 Å². The fraction of sp³-hybridized carbons (Fsp3) is 0.235. The van der Waals surface area contributed by atoms with Gasteiger partial charge in [-0.1, -0.05) is 30.7 Å². The normalized spacial score (nSPS) is 12.1. The molecule has 0 aliphatic carbocycles. The molecule has 2 aromatic heterocycles. The van der Waals surface area contributed by atoms with E-state index in [0.717, 1.165) is 17.7 Å². The molecule has 0 aliphatic heterocycles. The van der Waals surface area contributed by atoms with Gasteiger partial charge in [-0.2, -0.15) is 5.10 Å². The number of benzene rings is 1. The molecule has 1 atom stereocenters. The molecule has 0 aliphatic rings. The van der Waals surface area contributed by atoms with Crippen molar-refractivity contribution in [3.05, 3.63) is 59.0 Å². The van der Waals surface area contributed by atoms with Gasteiger partial charge < -0.3 is 10.1 Å². The molecule has 1 aromatic carbocycles. The summed E-state index contributed by atoms with van der Waals surface area (Å²) in [5.74, 6) is 0.530. The molecule has 3 rings (SSSR count). The zero-order chi connectivity index (χ0) is 17.1. The Morgan fingerprint density at radius 1 is 1.29 bits per heavy atom. The van der Waals surface area contributed by atoms with Gasteiger partial charge in [0.15, 0.2) is 5.65 Å². The van der Waals surface area contributed by atoms with Crippen molar-refractivity contribution in [1.29, 1.82) is 0 Å². The SMILES string of the molecule is CCC(NC(=O)c1cn2nc(Cl)ccc2n1)c1ccc(OC)cc1. The second kappa shape index (κ2) is 6.88. The summed E-state index contributed by atoms with van der Waals surface area (Å²) in [7, 11) is 1.62. The predicted octanol–water partition coefficient (Wildman–Crippen LogP) is 3.27. The fourth-order valence-electron chi connectivity index (χ4n) is 2.46. The van der Waals surface area contributed by atoms with Gasteiger partial charge in [-0.25, -0.2) is 9.50 Å². The van der Waals surface area contributed by atoms with Crippen molar-refractivity contribution in [1.82, 2.24) is 19.9 Å². The quantitative estimate of drug-likeness (QED) is 0.771. The highest BCUT2D eigenvalue weighted by atomic mass is 35.5. The van der Waals surface area contributed by atoms with Gasteiger partial charge in [0.25, 0.3) is 5.91 Å². The second-order valence-electron chi connectivity index (χ2n) is 5.29. The number of nitrogens with zero attached hydrogens (tertiary/aromatic N) is 3. The lowest BCUT2D eigenvalue weighted by molar-refractivity contribution is 0.0931. The van der Waals surface area contributed by atoms with Crippen LogP contribution in [0.4, 0.5) is 0 Å². The van der Waals surface area contributed by atoms with Gasteiger partial charge in [0.05, 0.1) is 19.3 Å². The average Bonchev–Trinajstić information content (AvgIpc) is 3.03. The van der Waals surface area contributed by atoms with Crippen molar-refractivity contribution in [3.8, 4) is 5.75 Å². The first kappa shape index (κ1) is 16.3. The van der Waals surface area contributed by atoms with Crippen LogP contribution in [0.25, 0.3) is 5.65 Å². The molecule has 0 bridgehead atoms. The Bertz CT molecular complexity index is 861. The van der Waals surface area contributed by atoms with Crippen molar-refractivity contribution in [2.24, 2.45) is 0 Å². The van der Waals surface area contributed by atoms with Gasteiger partial charge in [-0.15, -0.1) is 0 Å². The van der Waals surface area contributed by atoms with E-state index in [4.69, 9.17) is 16.3 Å². The van der Waals surface area contributed by atoms with Crippen LogP contribution in [0, 0.1) is 0 Å². The maximum Gasteiger partial charge on any atom is 0.272 e. The third-order valence-electron chi connectivity index (χ3n) is 3.75. The van der Waals surface area contributed by atoms with Crippen LogP contribution in [0.2, 0.25) is 5.15 Å². The first-order chi connectivity index (χ1) is 11.6. The minimum atomic E-state index is -0.251. The number of ether oxygens (including phenoxy) is 1. The third kappa shape index (κ3) is 3.33. The zero-order valence-electron chi connectivity index (χ0n) is 13.4. The summed E-state index contributed by atoms with van der Waals surface area (Å²) in [5, 5.41) is 7.42. The number of aromatic nitrogens is 3. The number of fused-ring (bicyclic) bond motifs is 1. The molecule has 0 radical (unpaired) electrons. The molecule has 7 heteroatoms. The molecule has 6 nitrogen and oxygen atoms in total. The Morgan fingerprint density at radius 2 is 2.04 bits per heavy atom. The standard InChI is InChI=1S/C17H17ClN4O2/c1-3-13(11-4-6-12(24-2)7-5-11)20-17(23)14-10-22-16(19-14)9-8-15(18)21-22/h4-10,13H,3H2,1-2H3,(H,20,23). The Balaban J connectivity index is 1.79. The van der Waals surface area contributed by atoms with Crippen LogP contribution in [0.1, 0.15) is 35.4 Å². The highest BCUT2D eigenvalue weighted by Crippen LogP contribution is 2.20. The smallest absolute Gasteiger partial charge is 0.272 e. The molecule has 1 N–H and O–H groups in total. The molecule has 1 unspecified atom stereocenters. The molecule has 0 saturated carbocycles. The lowest BCUT2D eigenvalue weighted by atomic mass is 10.0. The number of hydrogen-bond acceptors (Lipinski definition) is 4. The molecular weight excluding hydrogens is 328 g/mol. The van der Waals surface area contributed by atoms with Gasteiger partial charge in [0.1, 0.15) is 16.6 Å². The summed E-state index contributed by atoms with van der Waals surface area (Å²) in [6, 6.07) is 10.9. The topological polar surface area (TPSA) is 68.5 Å². The first-order valence-corrected chi connectivity index (χ1v) is 7.95. The van der Waals surface area contributed by atoms with E-state index in [1.807, 2.05) is 31.2 Å². The van der Waals surface area contributed by atoms with Crippen LogP contribution < -0.4 is 10.1 Å². The molecule has 124 valence electrons. The van der Waals surface area contributed by atoms with Crippen molar-refractivity contribution in [2.45, 2.75) is 19.4 Å².